The Labute approximate surface area is 130 Å². The van der Waals surface area contributed by atoms with Crippen molar-refractivity contribution in [1.29, 1.82) is 0 Å². The van der Waals surface area contributed by atoms with Crippen molar-refractivity contribution in [3.05, 3.63) is 11.6 Å². The summed E-state index contributed by atoms with van der Waals surface area (Å²) in [4.78, 5) is 12.5. The SMILES string of the molecule is CCCC(CC1CCCCC1)C(=O)NCC1=CCNCC1. The minimum Gasteiger partial charge on any atom is -0.352 e. The molecule has 2 aliphatic rings. The van der Waals surface area contributed by atoms with Crippen LogP contribution in [0.2, 0.25) is 0 Å². The summed E-state index contributed by atoms with van der Waals surface area (Å²) in [5.41, 5.74) is 1.38. The van der Waals surface area contributed by atoms with Crippen LogP contribution in [0.15, 0.2) is 11.6 Å². The van der Waals surface area contributed by atoms with Crippen LogP contribution in [-0.2, 0) is 4.79 Å². The monoisotopic (exact) mass is 292 g/mol. The lowest BCUT2D eigenvalue weighted by Gasteiger charge is -2.26. The predicted molar refractivity (Wildman–Crippen MR) is 88.2 cm³/mol. The topological polar surface area (TPSA) is 41.1 Å². The zero-order valence-electron chi connectivity index (χ0n) is 13.6. The molecular weight excluding hydrogens is 260 g/mol. The number of hydrogen-bond acceptors (Lipinski definition) is 2. The molecule has 0 spiro atoms. The van der Waals surface area contributed by atoms with Gasteiger partial charge >= 0.3 is 0 Å². The van der Waals surface area contributed by atoms with E-state index in [9.17, 15) is 4.79 Å². The van der Waals surface area contributed by atoms with Crippen LogP contribution in [0, 0.1) is 11.8 Å². The lowest BCUT2D eigenvalue weighted by molar-refractivity contribution is -0.125. The van der Waals surface area contributed by atoms with Crippen LogP contribution < -0.4 is 10.6 Å². The first-order valence-electron chi connectivity index (χ1n) is 8.96. The van der Waals surface area contributed by atoms with Crippen molar-refractivity contribution in [1.82, 2.24) is 10.6 Å². The molecule has 1 aliphatic heterocycles. The molecule has 0 aromatic carbocycles. The molecule has 2 rings (SSSR count). The lowest BCUT2D eigenvalue weighted by atomic mass is 9.81. The van der Waals surface area contributed by atoms with Gasteiger partial charge in [0, 0.05) is 19.0 Å². The average molecular weight is 292 g/mol. The Hall–Kier alpha value is -0.830. The molecule has 0 aromatic heterocycles. The second-order valence-corrected chi connectivity index (χ2v) is 6.76. The second-order valence-electron chi connectivity index (χ2n) is 6.76. The van der Waals surface area contributed by atoms with Gasteiger partial charge in [-0.1, -0.05) is 57.1 Å². The molecule has 0 aromatic rings. The fraction of sp³-hybridized carbons (Fsp3) is 0.833. The number of rotatable bonds is 7. The molecule has 1 amide bonds. The molecule has 0 radical (unpaired) electrons. The van der Waals surface area contributed by atoms with Crippen molar-refractivity contribution in [2.45, 2.75) is 64.7 Å². The van der Waals surface area contributed by atoms with Gasteiger partial charge in [0.25, 0.3) is 0 Å². The Kier molecular flexibility index (Phi) is 7.28. The van der Waals surface area contributed by atoms with Crippen molar-refractivity contribution < 1.29 is 4.79 Å². The molecule has 1 heterocycles. The molecule has 120 valence electrons. The van der Waals surface area contributed by atoms with Gasteiger partial charge in [-0.25, -0.2) is 0 Å². The smallest absolute Gasteiger partial charge is 0.223 e. The molecule has 3 nitrogen and oxygen atoms in total. The summed E-state index contributed by atoms with van der Waals surface area (Å²) in [6.07, 6.45) is 13.4. The minimum atomic E-state index is 0.236. The summed E-state index contributed by atoms with van der Waals surface area (Å²) < 4.78 is 0. The number of amides is 1. The van der Waals surface area contributed by atoms with Crippen LogP contribution in [0.3, 0.4) is 0 Å². The summed E-state index contributed by atoms with van der Waals surface area (Å²) in [6.45, 7) is 4.94. The predicted octanol–water partition coefficient (Wildman–Crippen LogP) is 3.41. The summed E-state index contributed by atoms with van der Waals surface area (Å²) in [5, 5.41) is 6.50. The van der Waals surface area contributed by atoms with Crippen LogP contribution in [0.4, 0.5) is 0 Å². The summed E-state index contributed by atoms with van der Waals surface area (Å²) in [6, 6.07) is 0. The summed E-state index contributed by atoms with van der Waals surface area (Å²) in [7, 11) is 0. The van der Waals surface area contributed by atoms with E-state index in [0.717, 1.165) is 51.2 Å². The quantitative estimate of drug-likeness (QED) is 0.706. The normalized spacial score (nSPS) is 21.7. The van der Waals surface area contributed by atoms with Crippen LogP contribution in [-0.4, -0.2) is 25.5 Å². The Bertz CT molecular complexity index is 345. The third kappa shape index (κ3) is 5.82. The third-order valence-corrected chi connectivity index (χ3v) is 5.00. The van der Waals surface area contributed by atoms with Crippen LogP contribution in [0.25, 0.3) is 0 Å². The first-order valence-corrected chi connectivity index (χ1v) is 8.96. The van der Waals surface area contributed by atoms with E-state index in [2.05, 4.69) is 23.6 Å². The highest BCUT2D eigenvalue weighted by molar-refractivity contribution is 5.78. The largest absolute Gasteiger partial charge is 0.352 e. The van der Waals surface area contributed by atoms with E-state index in [-0.39, 0.29) is 5.92 Å². The average Bonchev–Trinajstić information content (AvgIpc) is 2.54. The number of nitrogens with one attached hydrogen (secondary N) is 2. The molecule has 0 saturated heterocycles. The van der Waals surface area contributed by atoms with Gasteiger partial charge in [-0.15, -0.1) is 0 Å². The van der Waals surface area contributed by atoms with Gasteiger partial charge in [-0.3, -0.25) is 4.79 Å². The fourth-order valence-corrected chi connectivity index (χ4v) is 3.70. The van der Waals surface area contributed by atoms with E-state index in [4.69, 9.17) is 0 Å². The molecule has 21 heavy (non-hydrogen) atoms. The first-order chi connectivity index (χ1) is 10.3. The van der Waals surface area contributed by atoms with Gasteiger partial charge in [0.05, 0.1) is 0 Å². The van der Waals surface area contributed by atoms with Crippen molar-refractivity contribution >= 4 is 5.91 Å². The highest BCUT2D eigenvalue weighted by Gasteiger charge is 2.23. The standard InChI is InChI=1S/C18H32N2O/c1-2-6-17(13-15-7-4-3-5-8-15)18(21)20-14-16-9-11-19-12-10-16/h9,15,17,19H,2-8,10-14H2,1H3,(H,20,21). The van der Waals surface area contributed by atoms with Gasteiger partial charge in [-0.05, 0) is 31.7 Å². The Morgan fingerprint density at radius 3 is 2.86 bits per heavy atom. The maximum atomic E-state index is 12.5. The van der Waals surface area contributed by atoms with Gasteiger partial charge in [0.15, 0.2) is 0 Å². The molecule has 1 aliphatic carbocycles. The fourth-order valence-electron chi connectivity index (χ4n) is 3.70. The van der Waals surface area contributed by atoms with Crippen molar-refractivity contribution in [2.24, 2.45) is 11.8 Å². The van der Waals surface area contributed by atoms with Crippen molar-refractivity contribution in [2.75, 3.05) is 19.6 Å². The summed E-state index contributed by atoms with van der Waals surface area (Å²) >= 11 is 0. The zero-order valence-corrected chi connectivity index (χ0v) is 13.6. The third-order valence-electron chi connectivity index (χ3n) is 5.00. The van der Waals surface area contributed by atoms with E-state index in [1.165, 1.54) is 37.7 Å². The number of carbonyl (C=O) groups is 1. The molecule has 1 saturated carbocycles. The van der Waals surface area contributed by atoms with Crippen LogP contribution >= 0.6 is 0 Å². The van der Waals surface area contributed by atoms with Gasteiger partial charge < -0.3 is 10.6 Å². The maximum absolute atomic E-state index is 12.5. The molecular formula is C18H32N2O. The maximum Gasteiger partial charge on any atom is 0.223 e. The lowest BCUT2D eigenvalue weighted by Crippen LogP contribution is -2.35. The number of hydrogen-bond donors (Lipinski definition) is 2. The molecule has 1 fully saturated rings. The van der Waals surface area contributed by atoms with Gasteiger partial charge in [0.2, 0.25) is 5.91 Å². The molecule has 0 bridgehead atoms. The molecule has 3 heteroatoms. The first kappa shape index (κ1) is 16.5. The van der Waals surface area contributed by atoms with Crippen LogP contribution in [0.1, 0.15) is 64.7 Å². The summed E-state index contributed by atoms with van der Waals surface area (Å²) in [5.74, 6) is 1.32. The minimum absolute atomic E-state index is 0.236. The molecule has 2 N–H and O–H groups in total. The Morgan fingerprint density at radius 2 is 2.19 bits per heavy atom. The van der Waals surface area contributed by atoms with Gasteiger partial charge in [-0.2, -0.15) is 0 Å². The second kappa shape index (κ2) is 9.24. The van der Waals surface area contributed by atoms with E-state index in [1.807, 2.05) is 0 Å². The molecule has 1 atom stereocenters. The molecule has 1 unspecified atom stereocenters. The van der Waals surface area contributed by atoms with Crippen LogP contribution in [0.5, 0.6) is 0 Å². The van der Waals surface area contributed by atoms with Crippen molar-refractivity contribution in [3.8, 4) is 0 Å². The van der Waals surface area contributed by atoms with Crippen molar-refractivity contribution in [3.63, 3.8) is 0 Å². The van der Waals surface area contributed by atoms with Gasteiger partial charge in [0.1, 0.15) is 0 Å². The van der Waals surface area contributed by atoms with E-state index >= 15 is 0 Å². The highest BCUT2D eigenvalue weighted by atomic mass is 16.1. The van der Waals surface area contributed by atoms with E-state index in [0.29, 0.717) is 5.91 Å². The highest BCUT2D eigenvalue weighted by Crippen LogP contribution is 2.30. The Balaban J connectivity index is 1.78. The van der Waals surface area contributed by atoms with E-state index in [1.54, 1.807) is 0 Å². The zero-order chi connectivity index (χ0) is 14.9. The Morgan fingerprint density at radius 1 is 1.38 bits per heavy atom. The number of carbonyl (C=O) groups excluding carboxylic acids is 1. The van der Waals surface area contributed by atoms with E-state index < -0.39 is 0 Å².